The summed E-state index contributed by atoms with van der Waals surface area (Å²) < 4.78 is 0. The second-order valence-electron chi connectivity index (χ2n) is 6.54. The van der Waals surface area contributed by atoms with E-state index in [1.807, 2.05) is 50.4 Å². The molecule has 3 heteroatoms. The maximum Gasteiger partial charge on any atom is 0.0539 e. The molecule has 0 saturated heterocycles. The van der Waals surface area contributed by atoms with E-state index in [0.29, 0.717) is 5.03 Å². The summed E-state index contributed by atoms with van der Waals surface area (Å²) >= 11 is 6.56. The second-order valence-corrected chi connectivity index (χ2v) is 6.95. The number of nitrogens with one attached hydrogen (secondary N) is 2. The zero-order valence-electron chi connectivity index (χ0n) is 16.7. The molecule has 3 unspecified atom stereocenters. The molecule has 0 bridgehead atoms. The largest absolute Gasteiger partial charge is 0.384 e. The zero-order chi connectivity index (χ0) is 20.7. The molecular formula is C25H29ClN2. The predicted molar refractivity (Wildman–Crippen MR) is 125 cm³/mol. The van der Waals surface area contributed by atoms with Crippen molar-refractivity contribution in [2.24, 2.45) is 5.92 Å². The Morgan fingerprint density at radius 3 is 2.43 bits per heavy atom. The van der Waals surface area contributed by atoms with Gasteiger partial charge in [-0.05, 0) is 42.8 Å². The fraction of sp³-hybridized carbons (Fsp3) is 0.200. The Hall–Kier alpha value is -2.71. The quantitative estimate of drug-likeness (QED) is 0.348. The third kappa shape index (κ3) is 4.07. The van der Waals surface area contributed by atoms with Crippen molar-refractivity contribution in [3.63, 3.8) is 0 Å². The average Bonchev–Trinajstić information content (AvgIpc) is 3.29. The van der Waals surface area contributed by atoms with Crippen molar-refractivity contribution in [2.75, 3.05) is 0 Å². The lowest BCUT2D eigenvalue weighted by atomic mass is 9.77. The molecule has 0 saturated carbocycles. The average molecular weight is 393 g/mol. The van der Waals surface area contributed by atoms with E-state index >= 15 is 0 Å². The minimum Gasteiger partial charge on any atom is -0.384 e. The number of allylic oxidation sites excluding steroid dienone is 6. The molecule has 0 aliphatic carbocycles. The van der Waals surface area contributed by atoms with Crippen molar-refractivity contribution in [1.29, 1.82) is 0 Å². The topological polar surface area (TPSA) is 27.8 Å². The fourth-order valence-electron chi connectivity index (χ4n) is 3.78. The smallest absolute Gasteiger partial charge is 0.0539 e. The van der Waals surface area contributed by atoms with Crippen LogP contribution in [0.5, 0.6) is 0 Å². The van der Waals surface area contributed by atoms with Gasteiger partial charge in [-0.1, -0.05) is 73.9 Å². The zero-order valence-corrected chi connectivity index (χ0v) is 17.5. The van der Waals surface area contributed by atoms with Crippen LogP contribution >= 0.6 is 11.6 Å². The van der Waals surface area contributed by atoms with Crippen LogP contribution in [0.3, 0.4) is 0 Å². The van der Waals surface area contributed by atoms with E-state index in [9.17, 15) is 0 Å². The van der Waals surface area contributed by atoms with Crippen LogP contribution in [0.4, 0.5) is 0 Å². The van der Waals surface area contributed by atoms with Gasteiger partial charge in [-0.2, -0.15) is 0 Å². The minimum atomic E-state index is -0.1000. The Bertz CT molecular complexity index is 876. The summed E-state index contributed by atoms with van der Waals surface area (Å²) in [5.74, 6) is 0.0279. The molecule has 28 heavy (non-hydrogen) atoms. The summed E-state index contributed by atoms with van der Waals surface area (Å²) in [5.41, 5.74) is 5.25. The first kappa shape index (κ1) is 21.6. The van der Waals surface area contributed by atoms with Crippen molar-refractivity contribution in [2.45, 2.75) is 25.8 Å². The first-order chi connectivity index (χ1) is 13.6. The highest BCUT2D eigenvalue weighted by Crippen LogP contribution is 2.44. The number of rotatable bonds is 9. The van der Waals surface area contributed by atoms with Crippen LogP contribution in [0.1, 0.15) is 36.6 Å². The van der Waals surface area contributed by atoms with Crippen LogP contribution in [0, 0.1) is 5.92 Å². The van der Waals surface area contributed by atoms with Gasteiger partial charge in [0.05, 0.1) is 6.04 Å². The summed E-state index contributed by atoms with van der Waals surface area (Å²) in [6, 6.07) is 0.162. The number of hydrogen-bond donors (Lipinski definition) is 2. The van der Waals surface area contributed by atoms with Crippen LogP contribution in [0.15, 0.2) is 91.3 Å². The molecule has 0 radical (unpaired) electrons. The summed E-state index contributed by atoms with van der Waals surface area (Å²) in [6.45, 7) is 20.0. The number of H-pyrrole nitrogens is 1. The van der Waals surface area contributed by atoms with Gasteiger partial charge >= 0.3 is 0 Å². The van der Waals surface area contributed by atoms with Gasteiger partial charge in [-0.3, -0.25) is 0 Å². The first-order valence-electron chi connectivity index (χ1n) is 9.40. The minimum absolute atomic E-state index is 0.1000. The molecule has 0 amide bonds. The highest BCUT2D eigenvalue weighted by molar-refractivity contribution is 6.31. The van der Waals surface area contributed by atoms with Gasteiger partial charge in [0.1, 0.15) is 0 Å². The number of hydrogen-bond acceptors (Lipinski definition) is 1. The van der Waals surface area contributed by atoms with Gasteiger partial charge in [-0.15, -0.1) is 6.58 Å². The molecule has 0 aromatic carbocycles. The number of halogens is 1. The summed E-state index contributed by atoms with van der Waals surface area (Å²) in [4.78, 5) is 3.36. The molecule has 1 aromatic heterocycles. The molecule has 0 spiro atoms. The predicted octanol–water partition coefficient (Wildman–Crippen LogP) is 6.87. The Balaban J connectivity index is 2.73. The lowest BCUT2D eigenvalue weighted by Crippen LogP contribution is -2.25. The molecule has 3 atom stereocenters. The molecule has 146 valence electrons. The van der Waals surface area contributed by atoms with Crippen molar-refractivity contribution in [3.05, 3.63) is 108 Å². The van der Waals surface area contributed by atoms with Crippen LogP contribution in [-0.2, 0) is 0 Å². The lowest BCUT2D eigenvalue weighted by Gasteiger charge is -2.26. The molecular weight excluding hydrogens is 364 g/mol. The summed E-state index contributed by atoms with van der Waals surface area (Å²) in [5, 5.41) is 4.05. The Morgan fingerprint density at radius 2 is 1.89 bits per heavy atom. The van der Waals surface area contributed by atoms with Gasteiger partial charge in [0.15, 0.2) is 0 Å². The van der Waals surface area contributed by atoms with Crippen LogP contribution in [0.25, 0.3) is 12.2 Å². The van der Waals surface area contributed by atoms with E-state index in [1.54, 1.807) is 6.08 Å². The molecule has 1 aliphatic heterocycles. The van der Waals surface area contributed by atoms with E-state index in [1.165, 1.54) is 5.57 Å². The molecule has 1 aliphatic rings. The second kappa shape index (κ2) is 10.0. The van der Waals surface area contributed by atoms with Crippen LogP contribution in [0.2, 0.25) is 0 Å². The Labute approximate surface area is 174 Å². The lowest BCUT2D eigenvalue weighted by molar-refractivity contribution is 0.619. The van der Waals surface area contributed by atoms with Crippen molar-refractivity contribution in [3.8, 4) is 0 Å². The Kier molecular flexibility index (Phi) is 7.71. The number of aromatic nitrogens is 1. The fourth-order valence-corrected chi connectivity index (χ4v) is 3.96. The van der Waals surface area contributed by atoms with Gasteiger partial charge in [-0.25, -0.2) is 0 Å². The van der Waals surface area contributed by atoms with E-state index in [-0.39, 0.29) is 17.9 Å². The van der Waals surface area contributed by atoms with Crippen molar-refractivity contribution < 1.29 is 0 Å². The molecule has 1 aromatic rings. The van der Waals surface area contributed by atoms with E-state index in [4.69, 9.17) is 11.6 Å². The van der Waals surface area contributed by atoms with Gasteiger partial charge < -0.3 is 10.3 Å². The van der Waals surface area contributed by atoms with Crippen molar-refractivity contribution in [1.82, 2.24) is 10.3 Å². The van der Waals surface area contributed by atoms with Crippen molar-refractivity contribution >= 4 is 23.8 Å². The third-order valence-corrected chi connectivity index (χ3v) is 5.39. The highest BCUT2D eigenvalue weighted by atomic mass is 35.5. The third-order valence-electron chi connectivity index (χ3n) is 5.02. The molecule has 2 N–H and O–H groups in total. The normalized spacial score (nSPS) is 21.2. The standard InChI is InChI=1S/C25H29ClN2/c1-7-13-23-17(9-3)20(15-27-23)25(19(11-5)22(26)12-6)21-16-28-24(14-8-2)18(21)10-4/h7-17,23,25,27-28H,3-6H2,1-2H3/b13-7-,14-8-,22-19-. The summed E-state index contributed by atoms with van der Waals surface area (Å²) in [6.07, 6.45) is 19.7. The maximum absolute atomic E-state index is 6.56. The first-order valence-corrected chi connectivity index (χ1v) is 9.77. The summed E-state index contributed by atoms with van der Waals surface area (Å²) in [7, 11) is 0. The number of aromatic amines is 1. The van der Waals surface area contributed by atoms with Gasteiger partial charge in [0.25, 0.3) is 0 Å². The van der Waals surface area contributed by atoms with Gasteiger partial charge in [0, 0.05) is 34.3 Å². The molecule has 2 rings (SSSR count). The van der Waals surface area contributed by atoms with Crippen LogP contribution in [-0.4, -0.2) is 11.0 Å². The molecule has 2 nitrogen and oxygen atoms in total. The van der Waals surface area contributed by atoms with Crippen LogP contribution < -0.4 is 5.32 Å². The SMILES string of the molecule is C=C/C(Cl)=C(\C=C)C(C1=CNC(/C=C\C)C1C=C)c1c[nH]c(/C=C\C)c1C=C. The highest BCUT2D eigenvalue weighted by Gasteiger charge is 2.34. The van der Waals surface area contributed by atoms with E-state index in [2.05, 4.69) is 55.0 Å². The van der Waals surface area contributed by atoms with E-state index in [0.717, 1.165) is 22.4 Å². The van der Waals surface area contributed by atoms with Gasteiger partial charge in [0.2, 0.25) is 0 Å². The maximum atomic E-state index is 6.56. The van der Waals surface area contributed by atoms with E-state index < -0.39 is 0 Å². The molecule has 0 fully saturated rings. The molecule has 2 heterocycles. The Morgan fingerprint density at radius 1 is 1.14 bits per heavy atom. The monoisotopic (exact) mass is 392 g/mol.